The van der Waals surface area contributed by atoms with Crippen molar-refractivity contribution in [2.45, 2.75) is 39.7 Å². The van der Waals surface area contributed by atoms with Gasteiger partial charge in [0, 0.05) is 28.4 Å². The summed E-state index contributed by atoms with van der Waals surface area (Å²) in [6, 6.07) is 21.5. The van der Waals surface area contributed by atoms with Crippen LogP contribution in [0.5, 0.6) is 5.88 Å². The van der Waals surface area contributed by atoms with Gasteiger partial charge in [0.05, 0.1) is 29.3 Å². The van der Waals surface area contributed by atoms with Crippen LogP contribution in [-0.4, -0.2) is 38.9 Å². The molecule has 206 valence electrons. The molecule has 0 aliphatic carbocycles. The summed E-state index contributed by atoms with van der Waals surface area (Å²) < 4.78 is 6.23. The lowest BCUT2D eigenvalue weighted by Crippen LogP contribution is -2.10. The van der Waals surface area contributed by atoms with E-state index < -0.39 is 11.6 Å². The molecule has 5 aromatic rings. The summed E-state index contributed by atoms with van der Waals surface area (Å²) in [4.78, 5) is 20.8. The Hall–Kier alpha value is -3.78. The van der Waals surface area contributed by atoms with Gasteiger partial charge in [-0.25, -0.2) is 9.97 Å². The molecule has 40 heavy (non-hydrogen) atoms. The molecule has 6 nitrogen and oxygen atoms in total. The standard InChI is InChI=1S/C28H21ClN2O3S.C4H10O/c1-16-12-23-27(26(22(16)15-25(32)33)17-6-8-21(29)9-7-17)35-28(31-23)20-5-3-4-18(13-20)19-10-11-30-24(14-19)34-2;1-4(2,3)5/h3-14H,15H2,1-2H3,(H,32,33);5H,1-3H3. The lowest BCUT2D eigenvalue weighted by Gasteiger charge is -2.13. The number of carbonyl (C=O) groups is 1. The molecule has 0 aliphatic heterocycles. The highest BCUT2D eigenvalue weighted by Gasteiger charge is 2.19. The number of pyridine rings is 1. The summed E-state index contributed by atoms with van der Waals surface area (Å²) in [6.45, 7) is 7.17. The number of methoxy groups -OCH3 is 1. The number of fused-ring (bicyclic) bond motifs is 1. The zero-order chi connectivity index (χ0) is 29.0. The van der Waals surface area contributed by atoms with Crippen molar-refractivity contribution < 1.29 is 19.7 Å². The van der Waals surface area contributed by atoms with Crippen LogP contribution in [0.15, 0.2) is 72.9 Å². The minimum Gasteiger partial charge on any atom is -0.481 e. The van der Waals surface area contributed by atoms with E-state index in [1.165, 1.54) is 0 Å². The number of benzene rings is 3. The first-order valence-electron chi connectivity index (χ1n) is 12.7. The second kappa shape index (κ2) is 12.2. The van der Waals surface area contributed by atoms with E-state index in [4.69, 9.17) is 26.4 Å². The Bertz CT molecular complexity index is 1650. The Labute approximate surface area is 242 Å². The van der Waals surface area contributed by atoms with Gasteiger partial charge in [0.15, 0.2) is 0 Å². The zero-order valence-corrected chi connectivity index (χ0v) is 24.6. The first kappa shape index (κ1) is 29.2. The Morgan fingerprint density at radius 1 is 0.975 bits per heavy atom. The predicted octanol–water partition coefficient (Wildman–Crippen LogP) is 8.07. The number of aryl methyl sites for hydroxylation is 1. The summed E-state index contributed by atoms with van der Waals surface area (Å²) in [5.41, 5.74) is 6.88. The lowest BCUT2D eigenvalue weighted by molar-refractivity contribution is -0.136. The lowest BCUT2D eigenvalue weighted by atomic mass is 9.93. The first-order chi connectivity index (χ1) is 18.9. The molecule has 0 unspecified atom stereocenters. The van der Waals surface area contributed by atoms with Crippen LogP contribution in [0.3, 0.4) is 0 Å². The van der Waals surface area contributed by atoms with Crippen molar-refractivity contribution >= 4 is 39.1 Å². The van der Waals surface area contributed by atoms with Gasteiger partial charge >= 0.3 is 5.97 Å². The fourth-order valence-electron chi connectivity index (χ4n) is 4.19. The molecule has 0 bridgehead atoms. The molecule has 0 saturated heterocycles. The molecule has 5 rings (SSSR count). The molecule has 0 amide bonds. The van der Waals surface area contributed by atoms with E-state index in [0.717, 1.165) is 54.2 Å². The van der Waals surface area contributed by atoms with E-state index in [-0.39, 0.29) is 6.42 Å². The number of aromatic nitrogens is 2. The molecular formula is C32H31ClN2O4S. The third kappa shape index (κ3) is 7.24. The van der Waals surface area contributed by atoms with Crippen molar-refractivity contribution in [2.24, 2.45) is 0 Å². The summed E-state index contributed by atoms with van der Waals surface area (Å²) in [5, 5.41) is 19.6. The van der Waals surface area contributed by atoms with Crippen molar-refractivity contribution in [3.63, 3.8) is 0 Å². The maximum absolute atomic E-state index is 11.7. The van der Waals surface area contributed by atoms with Crippen LogP contribution in [0.1, 0.15) is 31.9 Å². The fraction of sp³-hybridized carbons (Fsp3) is 0.219. The normalized spacial score (nSPS) is 11.2. The van der Waals surface area contributed by atoms with E-state index in [1.807, 2.05) is 67.6 Å². The van der Waals surface area contributed by atoms with E-state index in [1.54, 1.807) is 45.4 Å². The first-order valence-corrected chi connectivity index (χ1v) is 13.9. The predicted molar refractivity (Wildman–Crippen MR) is 163 cm³/mol. The van der Waals surface area contributed by atoms with Gasteiger partial charge in [-0.2, -0.15) is 0 Å². The second-order valence-corrected chi connectivity index (χ2v) is 11.8. The van der Waals surface area contributed by atoms with Gasteiger partial charge in [-0.15, -0.1) is 11.3 Å². The Morgan fingerprint density at radius 3 is 2.27 bits per heavy atom. The van der Waals surface area contributed by atoms with Gasteiger partial charge in [0.1, 0.15) is 5.01 Å². The highest BCUT2D eigenvalue weighted by molar-refractivity contribution is 7.22. The largest absolute Gasteiger partial charge is 0.481 e. The maximum Gasteiger partial charge on any atom is 0.307 e. The van der Waals surface area contributed by atoms with E-state index in [0.29, 0.717) is 10.9 Å². The Morgan fingerprint density at radius 2 is 1.62 bits per heavy atom. The molecule has 8 heteroatoms. The number of thiazole rings is 1. The van der Waals surface area contributed by atoms with Crippen molar-refractivity contribution in [1.29, 1.82) is 0 Å². The van der Waals surface area contributed by atoms with Crippen LogP contribution in [0.2, 0.25) is 5.02 Å². The average Bonchev–Trinajstić information content (AvgIpc) is 3.32. The molecular weight excluding hydrogens is 544 g/mol. The van der Waals surface area contributed by atoms with E-state index in [2.05, 4.69) is 11.1 Å². The molecule has 2 aromatic heterocycles. The molecule has 2 heterocycles. The number of aliphatic hydroxyl groups is 1. The third-order valence-electron chi connectivity index (χ3n) is 5.86. The number of nitrogens with zero attached hydrogens (tertiary/aromatic N) is 2. The topological polar surface area (TPSA) is 92.5 Å². The quantitative estimate of drug-likeness (QED) is 0.213. The molecule has 2 N–H and O–H groups in total. The molecule has 0 saturated carbocycles. The van der Waals surface area contributed by atoms with Crippen molar-refractivity contribution in [2.75, 3.05) is 7.11 Å². The number of carboxylic acids is 1. The SMILES string of the molecule is CC(C)(C)O.COc1cc(-c2cccc(-c3nc4cc(C)c(CC(=O)O)c(-c5ccc(Cl)cc5)c4s3)c2)ccn1. The minimum atomic E-state index is -0.868. The molecule has 0 spiro atoms. The number of hydrogen-bond acceptors (Lipinski definition) is 6. The van der Waals surface area contributed by atoms with Crippen LogP contribution in [0.25, 0.3) is 43.0 Å². The Kier molecular flexibility index (Phi) is 8.88. The molecule has 0 aliphatic rings. The average molecular weight is 575 g/mol. The fourth-order valence-corrected chi connectivity index (χ4v) is 5.45. The number of rotatable bonds is 6. The van der Waals surface area contributed by atoms with Crippen molar-refractivity contribution in [1.82, 2.24) is 9.97 Å². The van der Waals surface area contributed by atoms with Gasteiger partial charge < -0.3 is 14.9 Å². The van der Waals surface area contributed by atoms with Crippen LogP contribution in [0, 0.1) is 6.92 Å². The molecule has 0 radical (unpaired) electrons. The monoisotopic (exact) mass is 574 g/mol. The number of carboxylic acid groups (broad SMARTS) is 1. The van der Waals surface area contributed by atoms with Gasteiger partial charge in [-0.3, -0.25) is 4.79 Å². The van der Waals surface area contributed by atoms with Gasteiger partial charge in [0.25, 0.3) is 0 Å². The van der Waals surface area contributed by atoms with Gasteiger partial charge in [-0.05, 0) is 85.8 Å². The third-order valence-corrected chi connectivity index (χ3v) is 7.25. The maximum atomic E-state index is 11.7. The number of halogens is 1. The highest BCUT2D eigenvalue weighted by atomic mass is 35.5. The van der Waals surface area contributed by atoms with Crippen LogP contribution >= 0.6 is 22.9 Å². The van der Waals surface area contributed by atoms with Crippen molar-refractivity contribution in [3.05, 3.63) is 89.1 Å². The summed E-state index contributed by atoms with van der Waals surface area (Å²) in [5.74, 6) is -0.310. The Balaban J connectivity index is 0.000000681. The van der Waals surface area contributed by atoms with Gasteiger partial charge in [0.2, 0.25) is 5.88 Å². The number of aliphatic carboxylic acids is 1. The minimum absolute atomic E-state index is 0.0632. The zero-order valence-electron chi connectivity index (χ0n) is 23.0. The second-order valence-electron chi connectivity index (χ2n) is 10.3. The molecule has 0 fully saturated rings. The molecule has 3 aromatic carbocycles. The van der Waals surface area contributed by atoms with Gasteiger partial charge in [-0.1, -0.05) is 41.9 Å². The summed E-state index contributed by atoms with van der Waals surface area (Å²) >= 11 is 7.69. The number of hydrogen-bond donors (Lipinski definition) is 2. The van der Waals surface area contributed by atoms with Crippen LogP contribution in [0.4, 0.5) is 0 Å². The van der Waals surface area contributed by atoms with E-state index in [9.17, 15) is 9.90 Å². The molecule has 0 atom stereocenters. The smallest absolute Gasteiger partial charge is 0.307 e. The van der Waals surface area contributed by atoms with E-state index >= 15 is 0 Å². The summed E-state index contributed by atoms with van der Waals surface area (Å²) in [7, 11) is 1.60. The summed E-state index contributed by atoms with van der Waals surface area (Å²) in [6.07, 6.45) is 1.66. The van der Waals surface area contributed by atoms with Crippen LogP contribution < -0.4 is 4.74 Å². The number of ether oxygens (including phenoxy) is 1. The van der Waals surface area contributed by atoms with Crippen molar-refractivity contribution in [3.8, 4) is 38.7 Å². The van der Waals surface area contributed by atoms with Crippen LogP contribution in [-0.2, 0) is 11.2 Å². The highest BCUT2D eigenvalue weighted by Crippen LogP contribution is 2.41.